The molecule has 3 nitrogen and oxygen atoms in total. The zero-order chi connectivity index (χ0) is 14.8. The van der Waals surface area contributed by atoms with Crippen LogP contribution in [0.4, 0.5) is 0 Å². The molecule has 0 N–H and O–H groups in total. The summed E-state index contributed by atoms with van der Waals surface area (Å²) < 4.78 is 11.0. The number of halogens is 1. The topological polar surface area (TPSA) is 31.4 Å². The summed E-state index contributed by atoms with van der Waals surface area (Å²) in [5, 5.41) is 2.46. The maximum absolute atomic E-state index is 6.37. The van der Waals surface area contributed by atoms with Gasteiger partial charge in [-0.15, -0.1) is 0 Å². The van der Waals surface area contributed by atoms with E-state index in [-0.39, 0.29) is 0 Å². The Morgan fingerprint density at radius 3 is 2.19 bits per heavy atom. The van der Waals surface area contributed by atoms with Crippen LogP contribution < -0.4 is 9.47 Å². The third kappa shape index (κ3) is 2.30. The Labute approximate surface area is 128 Å². The first-order valence-electron chi connectivity index (χ1n) is 6.51. The molecule has 0 spiro atoms. The van der Waals surface area contributed by atoms with Crippen molar-refractivity contribution in [2.24, 2.45) is 0 Å². The van der Waals surface area contributed by atoms with E-state index in [9.17, 15) is 0 Å². The molecule has 0 atom stereocenters. The predicted molar refractivity (Wildman–Crippen MR) is 85.3 cm³/mol. The van der Waals surface area contributed by atoms with Crippen molar-refractivity contribution in [3.63, 3.8) is 0 Å². The minimum atomic E-state index is 0.427. The highest BCUT2D eigenvalue weighted by atomic mass is 35.5. The molecule has 2 aromatic carbocycles. The fraction of sp³-hybridized carbons (Fsp3) is 0.118. The molecule has 0 aliphatic carbocycles. The van der Waals surface area contributed by atoms with Crippen molar-refractivity contribution in [1.29, 1.82) is 0 Å². The van der Waals surface area contributed by atoms with Gasteiger partial charge < -0.3 is 9.47 Å². The quantitative estimate of drug-likeness (QED) is 0.664. The number of methoxy groups -OCH3 is 2. The molecule has 0 aliphatic rings. The average molecular weight is 300 g/mol. The molecule has 0 radical (unpaired) electrons. The van der Waals surface area contributed by atoms with Crippen molar-refractivity contribution in [2.75, 3.05) is 14.2 Å². The van der Waals surface area contributed by atoms with Crippen molar-refractivity contribution < 1.29 is 9.47 Å². The molecule has 0 bridgehead atoms. The highest BCUT2D eigenvalue weighted by Crippen LogP contribution is 2.44. The number of hydrogen-bond acceptors (Lipinski definition) is 3. The number of aromatic nitrogens is 1. The summed E-state index contributed by atoms with van der Waals surface area (Å²) in [6, 6.07) is 13.6. The number of benzene rings is 2. The largest absolute Gasteiger partial charge is 0.496 e. The predicted octanol–water partition coefficient (Wildman–Crippen LogP) is 4.57. The van der Waals surface area contributed by atoms with Gasteiger partial charge >= 0.3 is 0 Å². The van der Waals surface area contributed by atoms with Crippen LogP contribution in [0.3, 0.4) is 0 Å². The van der Waals surface area contributed by atoms with Crippen molar-refractivity contribution in [2.45, 2.75) is 0 Å². The van der Waals surface area contributed by atoms with E-state index in [1.54, 1.807) is 20.4 Å². The molecule has 0 saturated carbocycles. The highest BCUT2D eigenvalue weighted by molar-refractivity contribution is 6.34. The van der Waals surface area contributed by atoms with Crippen LogP contribution in [0.15, 0.2) is 48.7 Å². The molecule has 0 saturated heterocycles. The molecule has 1 aromatic heterocycles. The van der Waals surface area contributed by atoms with Gasteiger partial charge in [-0.05, 0) is 17.5 Å². The zero-order valence-corrected chi connectivity index (χ0v) is 12.5. The standard InChI is InChI=1S/C17H14ClNO2/c1-20-13-8-5-9-14(21-2)16(13)15-12-7-4-3-6-11(12)10-19-17(15)18/h3-10H,1-2H3. The summed E-state index contributed by atoms with van der Waals surface area (Å²) in [4.78, 5) is 4.29. The van der Waals surface area contributed by atoms with Gasteiger partial charge in [0.05, 0.1) is 19.8 Å². The van der Waals surface area contributed by atoms with E-state index in [0.29, 0.717) is 16.7 Å². The lowest BCUT2D eigenvalue weighted by Crippen LogP contribution is -1.95. The van der Waals surface area contributed by atoms with Gasteiger partial charge in [0, 0.05) is 17.1 Å². The van der Waals surface area contributed by atoms with Crippen LogP contribution in [0, 0.1) is 0 Å². The molecule has 3 rings (SSSR count). The fourth-order valence-electron chi connectivity index (χ4n) is 2.47. The summed E-state index contributed by atoms with van der Waals surface area (Å²) in [5.41, 5.74) is 1.64. The Hall–Kier alpha value is -2.26. The number of fused-ring (bicyclic) bond motifs is 1. The first kappa shape index (κ1) is 13.7. The Bertz CT molecular complexity index is 780. The highest BCUT2D eigenvalue weighted by Gasteiger charge is 2.18. The lowest BCUT2D eigenvalue weighted by molar-refractivity contribution is 0.397. The minimum Gasteiger partial charge on any atom is -0.496 e. The van der Waals surface area contributed by atoms with Gasteiger partial charge in [0.25, 0.3) is 0 Å². The normalized spacial score (nSPS) is 10.6. The smallest absolute Gasteiger partial charge is 0.137 e. The number of ether oxygens (including phenoxy) is 2. The summed E-state index contributed by atoms with van der Waals surface area (Å²) in [7, 11) is 3.26. The van der Waals surface area contributed by atoms with E-state index >= 15 is 0 Å². The van der Waals surface area contributed by atoms with Crippen LogP contribution in [0.2, 0.25) is 5.15 Å². The first-order chi connectivity index (χ1) is 10.3. The lowest BCUT2D eigenvalue weighted by atomic mass is 9.99. The van der Waals surface area contributed by atoms with E-state index in [1.165, 1.54) is 0 Å². The maximum atomic E-state index is 6.37. The van der Waals surface area contributed by atoms with E-state index < -0.39 is 0 Å². The van der Waals surface area contributed by atoms with Gasteiger partial charge in [-0.3, -0.25) is 0 Å². The molecule has 21 heavy (non-hydrogen) atoms. The van der Waals surface area contributed by atoms with Crippen molar-refractivity contribution >= 4 is 22.4 Å². The molecule has 106 valence electrons. The van der Waals surface area contributed by atoms with Crippen molar-refractivity contribution in [1.82, 2.24) is 4.98 Å². The Balaban J connectivity index is 2.43. The summed E-state index contributed by atoms with van der Waals surface area (Å²) in [6.07, 6.45) is 1.77. The number of nitrogens with zero attached hydrogens (tertiary/aromatic N) is 1. The Kier molecular flexibility index (Phi) is 3.67. The molecule has 3 aromatic rings. The molecule has 4 heteroatoms. The van der Waals surface area contributed by atoms with Gasteiger partial charge in [0.2, 0.25) is 0 Å². The second-order valence-corrected chi connectivity index (χ2v) is 4.91. The van der Waals surface area contributed by atoms with Crippen LogP contribution in [0.5, 0.6) is 11.5 Å². The molecular weight excluding hydrogens is 286 g/mol. The molecule has 0 amide bonds. The summed E-state index contributed by atoms with van der Waals surface area (Å²) in [5.74, 6) is 1.41. The molecule has 0 fully saturated rings. The van der Waals surface area contributed by atoms with Gasteiger partial charge in [0.15, 0.2) is 0 Å². The molecule has 0 unspecified atom stereocenters. The maximum Gasteiger partial charge on any atom is 0.137 e. The lowest BCUT2D eigenvalue weighted by Gasteiger charge is -2.15. The van der Waals surface area contributed by atoms with Crippen LogP contribution in [0.1, 0.15) is 0 Å². The molecule has 1 heterocycles. The average Bonchev–Trinajstić information content (AvgIpc) is 2.54. The molecular formula is C17H14ClNO2. The van der Waals surface area contributed by atoms with E-state index in [0.717, 1.165) is 21.9 Å². The van der Waals surface area contributed by atoms with Gasteiger partial charge in [-0.25, -0.2) is 4.98 Å². The SMILES string of the molecule is COc1cccc(OC)c1-c1c(Cl)ncc2ccccc12. The monoisotopic (exact) mass is 299 g/mol. The van der Waals surface area contributed by atoms with E-state index in [2.05, 4.69) is 4.98 Å². The number of rotatable bonds is 3. The van der Waals surface area contributed by atoms with Gasteiger partial charge in [0.1, 0.15) is 16.7 Å². The Morgan fingerprint density at radius 1 is 0.857 bits per heavy atom. The Morgan fingerprint density at radius 2 is 1.52 bits per heavy atom. The van der Waals surface area contributed by atoms with Crippen LogP contribution in [-0.2, 0) is 0 Å². The third-order valence-corrected chi connectivity index (χ3v) is 3.72. The third-order valence-electron chi connectivity index (χ3n) is 3.43. The van der Waals surface area contributed by atoms with Gasteiger partial charge in [-0.1, -0.05) is 41.9 Å². The number of pyridine rings is 1. The summed E-state index contributed by atoms with van der Waals surface area (Å²) in [6.45, 7) is 0. The fourth-order valence-corrected chi connectivity index (χ4v) is 2.72. The van der Waals surface area contributed by atoms with E-state index in [1.807, 2.05) is 42.5 Å². The minimum absolute atomic E-state index is 0.427. The second kappa shape index (κ2) is 5.62. The number of hydrogen-bond donors (Lipinski definition) is 0. The van der Waals surface area contributed by atoms with Crippen LogP contribution in [-0.4, -0.2) is 19.2 Å². The summed E-state index contributed by atoms with van der Waals surface area (Å²) >= 11 is 6.37. The van der Waals surface area contributed by atoms with Crippen molar-refractivity contribution in [3.05, 3.63) is 53.8 Å². The van der Waals surface area contributed by atoms with Crippen LogP contribution in [0.25, 0.3) is 21.9 Å². The van der Waals surface area contributed by atoms with Gasteiger partial charge in [-0.2, -0.15) is 0 Å². The first-order valence-corrected chi connectivity index (χ1v) is 6.88. The second-order valence-electron chi connectivity index (χ2n) is 4.55. The molecule has 0 aliphatic heterocycles. The van der Waals surface area contributed by atoms with Crippen LogP contribution >= 0.6 is 11.6 Å². The van der Waals surface area contributed by atoms with Crippen molar-refractivity contribution in [3.8, 4) is 22.6 Å². The van der Waals surface area contributed by atoms with E-state index in [4.69, 9.17) is 21.1 Å². The zero-order valence-electron chi connectivity index (χ0n) is 11.8.